The summed E-state index contributed by atoms with van der Waals surface area (Å²) in [6, 6.07) is 9.29. The summed E-state index contributed by atoms with van der Waals surface area (Å²) in [6.07, 6.45) is 3.12. The number of anilines is 1. The van der Waals surface area contributed by atoms with Crippen molar-refractivity contribution in [2.75, 3.05) is 11.9 Å². The lowest BCUT2D eigenvalue weighted by molar-refractivity contribution is -0.136. The van der Waals surface area contributed by atoms with Crippen LogP contribution >= 0.6 is 0 Å². The molecule has 22 heavy (non-hydrogen) atoms. The summed E-state index contributed by atoms with van der Waals surface area (Å²) in [7, 11) is 0. The Morgan fingerprint density at radius 3 is 2.68 bits per heavy atom. The Hall–Kier alpha value is -2.67. The quantitative estimate of drug-likeness (QED) is 0.695. The van der Waals surface area contributed by atoms with E-state index in [9.17, 15) is 9.59 Å². The number of aliphatic hydroxyl groups excluding tert-OH is 1. The van der Waals surface area contributed by atoms with Crippen LogP contribution in [0.2, 0.25) is 0 Å². The van der Waals surface area contributed by atoms with Crippen LogP contribution in [0.3, 0.4) is 0 Å². The highest BCUT2D eigenvalue weighted by atomic mass is 16.3. The zero-order chi connectivity index (χ0) is 15.9. The van der Waals surface area contributed by atoms with Gasteiger partial charge in [0.15, 0.2) is 0 Å². The minimum atomic E-state index is -0.794. The number of benzene rings is 1. The van der Waals surface area contributed by atoms with Gasteiger partial charge in [0.05, 0.1) is 25.0 Å². The molecule has 1 aromatic carbocycles. The maximum atomic E-state index is 11.7. The van der Waals surface area contributed by atoms with E-state index in [2.05, 4.69) is 15.7 Å². The fourth-order valence-corrected chi connectivity index (χ4v) is 1.81. The minimum Gasteiger partial charge on any atom is -0.394 e. The summed E-state index contributed by atoms with van der Waals surface area (Å²) in [5.41, 5.74) is 1.52. The third-order valence-electron chi connectivity index (χ3n) is 2.94. The Morgan fingerprint density at radius 2 is 2.00 bits per heavy atom. The molecule has 3 N–H and O–H groups in total. The van der Waals surface area contributed by atoms with Crippen molar-refractivity contribution in [3.05, 3.63) is 48.3 Å². The molecule has 7 heteroatoms. The van der Waals surface area contributed by atoms with Crippen LogP contribution in [0, 0.1) is 0 Å². The first kappa shape index (κ1) is 15.7. The van der Waals surface area contributed by atoms with E-state index >= 15 is 0 Å². The number of carbonyl (C=O) groups excluding carboxylic acids is 2. The van der Waals surface area contributed by atoms with Crippen LogP contribution in [0.15, 0.2) is 42.7 Å². The Morgan fingerprint density at radius 1 is 1.27 bits per heavy atom. The smallest absolute Gasteiger partial charge is 0.313 e. The van der Waals surface area contributed by atoms with Crippen molar-refractivity contribution < 1.29 is 14.7 Å². The molecule has 2 rings (SSSR count). The largest absolute Gasteiger partial charge is 0.394 e. The van der Waals surface area contributed by atoms with Gasteiger partial charge in [-0.05, 0) is 12.5 Å². The summed E-state index contributed by atoms with van der Waals surface area (Å²) >= 11 is 0. The third-order valence-corrected chi connectivity index (χ3v) is 2.94. The monoisotopic (exact) mass is 302 g/mol. The molecule has 2 amide bonds. The second-order valence-corrected chi connectivity index (χ2v) is 4.92. The second-order valence-electron chi connectivity index (χ2n) is 4.92. The van der Waals surface area contributed by atoms with Gasteiger partial charge < -0.3 is 15.7 Å². The maximum Gasteiger partial charge on any atom is 0.313 e. The van der Waals surface area contributed by atoms with E-state index in [4.69, 9.17) is 5.11 Å². The Kier molecular flexibility index (Phi) is 5.26. The van der Waals surface area contributed by atoms with Gasteiger partial charge in [-0.1, -0.05) is 30.3 Å². The van der Waals surface area contributed by atoms with Gasteiger partial charge in [0.1, 0.15) is 0 Å². The summed E-state index contributed by atoms with van der Waals surface area (Å²) in [4.78, 5) is 23.2. The number of rotatable bonds is 5. The molecule has 0 aliphatic carbocycles. The maximum absolute atomic E-state index is 11.7. The van der Waals surface area contributed by atoms with E-state index < -0.39 is 17.9 Å². The molecule has 1 aromatic heterocycles. The summed E-state index contributed by atoms with van der Waals surface area (Å²) in [5, 5.41) is 17.8. The van der Waals surface area contributed by atoms with E-state index in [0.717, 1.165) is 5.56 Å². The first-order valence-corrected chi connectivity index (χ1v) is 6.87. The van der Waals surface area contributed by atoms with Gasteiger partial charge in [0.25, 0.3) is 0 Å². The molecule has 1 heterocycles. The fourth-order valence-electron chi connectivity index (χ4n) is 1.81. The molecule has 2 aromatic rings. The van der Waals surface area contributed by atoms with E-state index in [-0.39, 0.29) is 6.61 Å². The average Bonchev–Trinajstić information content (AvgIpc) is 2.95. The Bertz CT molecular complexity index is 639. The van der Waals surface area contributed by atoms with E-state index in [0.29, 0.717) is 12.2 Å². The molecule has 7 nitrogen and oxygen atoms in total. The molecule has 0 saturated heterocycles. The number of nitrogens with zero attached hydrogens (tertiary/aromatic N) is 2. The number of aromatic nitrogens is 2. The third kappa shape index (κ3) is 4.42. The van der Waals surface area contributed by atoms with Gasteiger partial charge in [0.2, 0.25) is 0 Å². The Labute approximate surface area is 128 Å². The van der Waals surface area contributed by atoms with Gasteiger partial charge in [-0.25, -0.2) is 0 Å². The first-order valence-electron chi connectivity index (χ1n) is 6.87. The van der Waals surface area contributed by atoms with E-state index in [1.165, 1.54) is 6.20 Å². The first-order chi connectivity index (χ1) is 10.6. The molecule has 0 bridgehead atoms. The van der Waals surface area contributed by atoms with Crippen molar-refractivity contribution in [1.82, 2.24) is 15.1 Å². The van der Waals surface area contributed by atoms with Crippen LogP contribution in [0.25, 0.3) is 0 Å². The van der Waals surface area contributed by atoms with Gasteiger partial charge in [-0.15, -0.1) is 0 Å². The van der Waals surface area contributed by atoms with E-state index in [1.54, 1.807) is 17.8 Å². The van der Waals surface area contributed by atoms with Gasteiger partial charge in [-0.2, -0.15) is 5.10 Å². The molecular formula is C15H18N4O3. The minimum absolute atomic E-state index is 0.228. The van der Waals surface area contributed by atoms with E-state index in [1.807, 2.05) is 30.3 Å². The van der Waals surface area contributed by atoms with Crippen LogP contribution in [0.5, 0.6) is 0 Å². The van der Waals surface area contributed by atoms with Crippen LogP contribution < -0.4 is 10.6 Å². The molecule has 0 radical (unpaired) electrons. The predicted octanol–water partition coefficient (Wildman–Crippen LogP) is 0.367. The Balaban J connectivity index is 1.91. The lowest BCUT2D eigenvalue weighted by Crippen LogP contribution is -2.41. The number of carbonyl (C=O) groups is 2. The number of hydrogen-bond acceptors (Lipinski definition) is 4. The van der Waals surface area contributed by atoms with Crippen molar-refractivity contribution >= 4 is 17.5 Å². The predicted molar refractivity (Wildman–Crippen MR) is 81.1 cm³/mol. The highest BCUT2D eigenvalue weighted by Crippen LogP contribution is 2.07. The van der Waals surface area contributed by atoms with Crippen LogP contribution in [0.4, 0.5) is 5.69 Å². The lowest BCUT2D eigenvalue weighted by Gasteiger charge is -2.09. The standard InChI is InChI=1S/C15H18N4O3/c1-11(10-20)17-14(21)15(22)18-13-7-16-19(9-13)8-12-5-3-2-4-6-12/h2-7,9,11,20H,8,10H2,1H3,(H,17,21)(H,18,22)/t11-/m1/s1. The topological polar surface area (TPSA) is 96.2 Å². The van der Waals surface area contributed by atoms with Crippen molar-refractivity contribution in [2.24, 2.45) is 0 Å². The molecule has 0 aliphatic heterocycles. The second kappa shape index (κ2) is 7.37. The molecule has 0 aliphatic rings. The van der Waals surface area contributed by atoms with Crippen molar-refractivity contribution in [1.29, 1.82) is 0 Å². The lowest BCUT2D eigenvalue weighted by atomic mass is 10.2. The SMILES string of the molecule is C[C@H](CO)NC(=O)C(=O)Nc1cnn(Cc2ccccc2)c1. The number of hydrogen-bond donors (Lipinski definition) is 3. The molecule has 116 valence electrons. The highest BCUT2D eigenvalue weighted by Gasteiger charge is 2.16. The molecule has 0 spiro atoms. The summed E-state index contributed by atoms with van der Waals surface area (Å²) in [6.45, 7) is 1.95. The number of amides is 2. The van der Waals surface area contributed by atoms with Crippen molar-refractivity contribution in [3.63, 3.8) is 0 Å². The van der Waals surface area contributed by atoms with Crippen molar-refractivity contribution in [3.8, 4) is 0 Å². The molecule has 0 saturated carbocycles. The van der Waals surface area contributed by atoms with Crippen LogP contribution in [0.1, 0.15) is 12.5 Å². The van der Waals surface area contributed by atoms with Gasteiger partial charge >= 0.3 is 11.8 Å². The van der Waals surface area contributed by atoms with Crippen LogP contribution in [-0.2, 0) is 16.1 Å². The van der Waals surface area contributed by atoms with Gasteiger partial charge in [-0.3, -0.25) is 14.3 Å². The summed E-state index contributed by atoms with van der Waals surface area (Å²) < 4.78 is 1.67. The fraction of sp³-hybridized carbons (Fsp3) is 0.267. The number of nitrogens with one attached hydrogen (secondary N) is 2. The zero-order valence-electron chi connectivity index (χ0n) is 12.2. The van der Waals surface area contributed by atoms with Gasteiger partial charge in [0, 0.05) is 12.2 Å². The van der Waals surface area contributed by atoms with Crippen LogP contribution in [-0.4, -0.2) is 39.4 Å². The molecular weight excluding hydrogens is 284 g/mol. The zero-order valence-corrected chi connectivity index (χ0v) is 12.2. The molecule has 0 fully saturated rings. The normalized spacial score (nSPS) is 11.7. The molecule has 0 unspecified atom stereocenters. The number of aliphatic hydroxyl groups is 1. The highest BCUT2D eigenvalue weighted by molar-refractivity contribution is 6.39. The average molecular weight is 302 g/mol. The molecule has 1 atom stereocenters. The summed E-state index contributed by atoms with van der Waals surface area (Å²) in [5.74, 6) is -1.59. The van der Waals surface area contributed by atoms with Crippen molar-refractivity contribution in [2.45, 2.75) is 19.5 Å².